The molecule has 1 aromatic heterocycles. The van der Waals surface area contributed by atoms with Crippen molar-refractivity contribution < 1.29 is 0 Å². The summed E-state index contributed by atoms with van der Waals surface area (Å²) < 4.78 is 4.34. The Morgan fingerprint density at radius 3 is 2.94 bits per heavy atom. The van der Waals surface area contributed by atoms with Crippen molar-refractivity contribution >= 4 is 28.3 Å². The molecular formula is C13H16ClN3S. The number of halogens is 1. The highest BCUT2D eigenvalue weighted by atomic mass is 35.5. The molecule has 0 bridgehead atoms. The lowest BCUT2D eigenvalue weighted by molar-refractivity contribution is 0.688. The molecule has 0 atom stereocenters. The van der Waals surface area contributed by atoms with Crippen molar-refractivity contribution in [2.45, 2.75) is 20.3 Å². The summed E-state index contributed by atoms with van der Waals surface area (Å²) in [6, 6.07) is 7.80. The van der Waals surface area contributed by atoms with Crippen molar-refractivity contribution in [3.63, 3.8) is 0 Å². The summed E-state index contributed by atoms with van der Waals surface area (Å²) in [6.45, 7) is 5.26. The second-order valence-electron chi connectivity index (χ2n) is 4.60. The first-order chi connectivity index (χ1) is 8.63. The van der Waals surface area contributed by atoms with Gasteiger partial charge in [0.2, 0.25) is 5.13 Å². The molecule has 0 fully saturated rings. The van der Waals surface area contributed by atoms with E-state index in [1.165, 1.54) is 11.5 Å². The normalized spacial score (nSPS) is 10.9. The predicted octanol–water partition coefficient (Wildman–Crippen LogP) is 3.85. The molecular weight excluding hydrogens is 266 g/mol. The molecule has 1 aromatic carbocycles. The molecule has 0 aliphatic carbocycles. The van der Waals surface area contributed by atoms with Crippen LogP contribution in [0, 0.1) is 5.92 Å². The van der Waals surface area contributed by atoms with E-state index < -0.39 is 0 Å². The summed E-state index contributed by atoms with van der Waals surface area (Å²) in [7, 11) is 0. The van der Waals surface area contributed by atoms with E-state index in [0.29, 0.717) is 5.92 Å². The maximum absolute atomic E-state index is 5.95. The quantitative estimate of drug-likeness (QED) is 0.904. The third kappa shape index (κ3) is 3.96. The maximum atomic E-state index is 5.95. The number of nitrogens with one attached hydrogen (secondary N) is 1. The van der Waals surface area contributed by atoms with Crippen LogP contribution in [0.2, 0.25) is 5.02 Å². The zero-order valence-electron chi connectivity index (χ0n) is 10.5. The van der Waals surface area contributed by atoms with E-state index in [0.717, 1.165) is 34.5 Å². The fraction of sp³-hybridized carbons (Fsp3) is 0.385. The summed E-state index contributed by atoms with van der Waals surface area (Å²) in [5.41, 5.74) is 1.13. The molecule has 0 saturated carbocycles. The molecule has 0 spiro atoms. The number of benzene rings is 1. The zero-order chi connectivity index (χ0) is 13.0. The van der Waals surface area contributed by atoms with Gasteiger partial charge in [0.05, 0.1) is 0 Å². The molecule has 0 aliphatic heterocycles. The molecule has 5 heteroatoms. The minimum atomic E-state index is 0.602. The summed E-state index contributed by atoms with van der Waals surface area (Å²) in [6.07, 6.45) is 0.723. The fourth-order valence-electron chi connectivity index (χ4n) is 1.52. The number of aromatic nitrogens is 2. The summed E-state index contributed by atoms with van der Waals surface area (Å²) in [5.74, 6) is 1.44. The highest BCUT2D eigenvalue weighted by Gasteiger charge is 2.05. The SMILES string of the molecule is CC(C)CNc1nc(Cc2cccc(Cl)c2)ns1. The van der Waals surface area contributed by atoms with Crippen LogP contribution in [0.4, 0.5) is 5.13 Å². The van der Waals surface area contributed by atoms with Crippen LogP contribution in [0.3, 0.4) is 0 Å². The first kappa shape index (κ1) is 13.3. The van der Waals surface area contributed by atoms with Crippen LogP contribution in [0.25, 0.3) is 0 Å². The molecule has 18 heavy (non-hydrogen) atoms. The van der Waals surface area contributed by atoms with E-state index in [4.69, 9.17) is 11.6 Å². The highest BCUT2D eigenvalue weighted by molar-refractivity contribution is 7.09. The van der Waals surface area contributed by atoms with Crippen molar-refractivity contribution in [3.05, 3.63) is 40.7 Å². The monoisotopic (exact) mass is 281 g/mol. The van der Waals surface area contributed by atoms with Crippen molar-refractivity contribution in [1.29, 1.82) is 0 Å². The van der Waals surface area contributed by atoms with Crippen LogP contribution in [-0.2, 0) is 6.42 Å². The van der Waals surface area contributed by atoms with Gasteiger partial charge in [-0.1, -0.05) is 37.6 Å². The van der Waals surface area contributed by atoms with E-state index in [9.17, 15) is 0 Å². The molecule has 0 radical (unpaired) electrons. The Labute approximate surface area is 116 Å². The maximum Gasteiger partial charge on any atom is 0.202 e. The van der Waals surface area contributed by atoms with Gasteiger partial charge in [-0.15, -0.1) is 0 Å². The Balaban J connectivity index is 1.98. The highest BCUT2D eigenvalue weighted by Crippen LogP contribution is 2.17. The Morgan fingerprint density at radius 2 is 2.22 bits per heavy atom. The van der Waals surface area contributed by atoms with E-state index in [2.05, 4.69) is 28.5 Å². The van der Waals surface area contributed by atoms with Crippen LogP contribution in [0.1, 0.15) is 25.2 Å². The molecule has 0 unspecified atom stereocenters. The van der Waals surface area contributed by atoms with E-state index >= 15 is 0 Å². The molecule has 2 rings (SSSR count). The van der Waals surface area contributed by atoms with Crippen LogP contribution in [0.15, 0.2) is 24.3 Å². The summed E-state index contributed by atoms with van der Waals surface area (Å²) >= 11 is 7.36. The molecule has 0 saturated heterocycles. The van der Waals surface area contributed by atoms with Crippen molar-refractivity contribution in [3.8, 4) is 0 Å². The molecule has 3 nitrogen and oxygen atoms in total. The Morgan fingerprint density at radius 1 is 1.39 bits per heavy atom. The summed E-state index contributed by atoms with van der Waals surface area (Å²) in [5, 5.41) is 4.92. The Kier molecular flexibility index (Phi) is 4.55. The molecule has 0 aliphatic rings. The molecule has 2 aromatic rings. The third-order valence-electron chi connectivity index (χ3n) is 2.38. The largest absolute Gasteiger partial charge is 0.360 e. The number of anilines is 1. The van der Waals surface area contributed by atoms with Gasteiger partial charge >= 0.3 is 0 Å². The van der Waals surface area contributed by atoms with Gasteiger partial charge in [-0.3, -0.25) is 0 Å². The van der Waals surface area contributed by atoms with Crippen LogP contribution in [0.5, 0.6) is 0 Å². The predicted molar refractivity (Wildman–Crippen MR) is 77.5 cm³/mol. The lowest BCUT2D eigenvalue weighted by Crippen LogP contribution is -2.07. The van der Waals surface area contributed by atoms with E-state index in [1.54, 1.807) is 0 Å². The minimum absolute atomic E-state index is 0.602. The zero-order valence-corrected chi connectivity index (χ0v) is 12.1. The summed E-state index contributed by atoms with van der Waals surface area (Å²) in [4.78, 5) is 4.46. The van der Waals surface area contributed by atoms with Gasteiger partial charge in [0, 0.05) is 29.5 Å². The van der Waals surface area contributed by atoms with Crippen LogP contribution < -0.4 is 5.32 Å². The van der Waals surface area contributed by atoms with Crippen LogP contribution >= 0.6 is 23.1 Å². The number of hydrogen-bond acceptors (Lipinski definition) is 4. The lowest BCUT2D eigenvalue weighted by atomic mass is 10.1. The van der Waals surface area contributed by atoms with E-state index in [-0.39, 0.29) is 0 Å². The van der Waals surface area contributed by atoms with Crippen LogP contribution in [-0.4, -0.2) is 15.9 Å². The first-order valence-electron chi connectivity index (χ1n) is 5.94. The molecule has 0 amide bonds. The lowest BCUT2D eigenvalue weighted by Gasteiger charge is -2.03. The Hall–Kier alpha value is -1.13. The standard InChI is InChI=1S/C13H16ClN3S/c1-9(2)8-15-13-16-12(17-18-13)7-10-4-3-5-11(14)6-10/h3-6,9H,7-8H2,1-2H3,(H,15,16,17). The van der Waals surface area contributed by atoms with Crippen molar-refractivity contribution in [2.75, 3.05) is 11.9 Å². The van der Waals surface area contributed by atoms with Gasteiger partial charge in [-0.25, -0.2) is 4.98 Å². The van der Waals surface area contributed by atoms with E-state index in [1.807, 2.05) is 24.3 Å². The number of nitrogens with zero attached hydrogens (tertiary/aromatic N) is 2. The molecule has 96 valence electrons. The number of rotatable bonds is 5. The molecule has 1 heterocycles. The average Bonchev–Trinajstić information content (AvgIpc) is 2.74. The fourth-order valence-corrected chi connectivity index (χ4v) is 2.32. The smallest absolute Gasteiger partial charge is 0.202 e. The minimum Gasteiger partial charge on any atom is -0.360 e. The van der Waals surface area contributed by atoms with Gasteiger partial charge in [-0.05, 0) is 23.6 Å². The van der Waals surface area contributed by atoms with Gasteiger partial charge in [-0.2, -0.15) is 4.37 Å². The van der Waals surface area contributed by atoms with Gasteiger partial charge in [0.1, 0.15) is 5.82 Å². The van der Waals surface area contributed by atoms with Gasteiger partial charge in [0.25, 0.3) is 0 Å². The second kappa shape index (κ2) is 6.16. The Bertz CT molecular complexity index is 510. The molecule has 1 N–H and O–H groups in total. The van der Waals surface area contributed by atoms with Crippen molar-refractivity contribution in [1.82, 2.24) is 9.36 Å². The number of hydrogen-bond donors (Lipinski definition) is 1. The second-order valence-corrected chi connectivity index (χ2v) is 5.79. The van der Waals surface area contributed by atoms with Gasteiger partial charge in [0.15, 0.2) is 0 Å². The topological polar surface area (TPSA) is 37.8 Å². The third-order valence-corrected chi connectivity index (χ3v) is 3.33. The average molecular weight is 282 g/mol. The van der Waals surface area contributed by atoms with Crippen molar-refractivity contribution in [2.24, 2.45) is 5.92 Å². The van der Waals surface area contributed by atoms with Gasteiger partial charge < -0.3 is 5.32 Å². The first-order valence-corrected chi connectivity index (χ1v) is 7.09.